The molecule has 108 valence electrons. The third-order valence-corrected chi connectivity index (χ3v) is 3.09. The highest BCUT2D eigenvalue weighted by molar-refractivity contribution is 7.09. The van der Waals surface area contributed by atoms with Crippen molar-refractivity contribution in [2.75, 3.05) is 0 Å². The number of aliphatic hydroxyl groups excluding tert-OH is 2. The number of nitrogens with one attached hydrogen (secondary N) is 1. The van der Waals surface area contributed by atoms with Gasteiger partial charge in [0, 0.05) is 11.6 Å². The summed E-state index contributed by atoms with van der Waals surface area (Å²) in [7, 11) is 0. The Bertz CT molecular complexity index is 400. The number of aliphatic hydroxyl groups is 2. The molecule has 0 spiro atoms. The van der Waals surface area contributed by atoms with Crippen molar-refractivity contribution in [2.24, 2.45) is 0 Å². The van der Waals surface area contributed by atoms with Crippen molar-refractivity contribution >= 4 is 17.4 Å². The first-order chi connectivity index (χ1) is 8.70. The zero-order chi connectivity index (χ0) is 14.6. The zero-order valence-corrected chi connectivity index (χ0v) is 12.3. The van der Waals surface area contributed by atoms with Gasteiger partial charge >= 0.3 is 6.09 Å². The summed E-state index contributed by atoms with van der Waals surface area (Å²) >= 11 is 1.25. The molecule has 1 aromatic heterocycles. The molecule has 6 nitrogen and oxygen atoms in total. The van der Waals surface area contributed by atoms with Crippen LogP contribution in [-0.2, 0) is 4.74 Å². The fourth-order valence-corrected chi connectivity index (χ4v) is 2.11. The van der Waals surface area contributed by atoms with Crippen molar-refractivity contribution in [3.63, 3.8) is 0 Å². The maximum atomic E-state index is 11.7. The van der Waals surface area contributed by atoms with Gasteiger partial charge in [0.1, 0.15) is 16.7 Å². The Morgan fingerprint density at radius 3 is 2.53 bits per heavy atom. The van der Waals surface area contributed by atoms with E-state index in [4.69, 9.17) is 4.74 Å². The second-order valence-corrected chi connectivity index (χ2v) is 6.15. The van der Waals surface area contributed by atoms with Gasteiger partial charge in [0.2, 0.25) is 0 Å². The van der Waals surface area contributed by atoms with Crippen LogP contribution in [0.4, 0.5) is 4.79 Å². The van der Waals surface area contributed by atoms with Crippen molar-refractivity contribution in [1.82, 2.24) is 10.3 Å². The van der Waals surface area contributed by atoms with Gasteiger partial charge in [-0.25, -0.2) is 9.78 Å². The van der Waals surface area contributed by atoms with Gasteiger partial charge in [0.15, 0.2) is 0 Å². The number of rotatable bonds is 4. The molecule has 0 saturated carbocycles. The number of ether oxygens (including phenoxy) is 1. The van der Waals surface area contributed by atoms with E-state index in [2.05, 4.69) is 10.3 Å². The predicted octanol–water partition coefficient (Wildman–Crippen LogP) is 1.45. The van der Waals surface area contributed by atoms with E-state index in [-0.39, 0.29) is 0 Å². The van der Waals surface area contributed by atoms with Gasteiger partial charge in [0.25, 0.3) is 0 Å². The van der Waals surface area contributed by atoms with Crippen LogP contribution in [0.2, 0.25) is 0 Å². The average molecular weight is 288 g/mol. The Morgan fingerprint density at radius 1 is 1.47 bits per heavy atom. The number of carbonyl (C=O) groups excluding carboxylic acids is 1. The lowest BCUT2D eigenvalue weighted by Gasteiger charge is -2.27. The topological polar surface area (TPSA) is 91.7 Å². The molecule has 3 N–H and O–H groups in total. The Kier molecular flexibility index (Phi) is 5.28. The molecule has 0 saturated heterocycles. The monoisotopic (exact) mass is 288 g/mol. The molecule has 0 bridgehead atoms. The van der Waals surface area contributed by atoms with E-state index in [1.165, 1.54) is 18.3 Å². The van der Waals surface area contributed by atoms with Gasteiger partial charge in [-0.1, -0.05) is 0 Å². The molecule has 0 aromatic carbocycles. The second-order valence-electron chi connectivity index (χ2n) is 5.23. The summed E-state index contributed by atoms with van der Waals surface area (Å²) in [5.41, 5.74) is -0.639. The molecule has 0 aliphatic heterocycles. The summed E-state index contributed by atoms with van der Waals surface area (Å²) < 4.78 is 5.10. The van der Waals surface area contributed by atoms with Crippen molar-refractivity contribution in [3.8, 4) is 0 Å². The molecule has 1 heterocycles. The van der Waals surface area contributed by atoms with Crippen LogP contribution in [-0.4, -0.2) is 39.0 Å². The summed E-state index contributed by atoms with van der Waals surface area (Å²) in [6.07, 6.45) is -1.15. The van der Waals surface area contributed by atoms with Crippen molar-refractivity contribution < 1.29 is 19.7 Å². The van der Waals surface area contributed by atoms with E-state index < -0.39 is 29.9 Å². The molecule has 3 atom stereocenters. The summed E-state index contributed by atoms with van der Waals surface area (Å²) in [5, 5.41) is 24.4. The lowest BCUT2D eigenvalue weighted by Crippen LogP contribution is -2.47. The van der Waals surface area contributed by atoms with E-state index in [0.29, 0.717) is 5.01 Å². The first-order valence-corrected chi connectivity index (χ1v) is 6.83. The van der Waals surface area contributed by atoms with Gasteiger partial charge in [0.05, 0.1) is 12.1 Å². The molecular formula is C12H20N2O4S. The molecule has 0 aliphatic rings. The Morgan fingerprint density at radius 2 is 2.11 bits per heavy atom. The third-order valence-electron chi connectivity index (χ3n) is 2.25. The van der Waals surface area contributed by atoms with E-state index in [1.807, 2.05) is 0 Å². The molecule has 0 unspecified atom stereocenters. The number of aromatic nitrogens is 1. The number of alkyl carbamates (subject to hydrolysis) is 1. The molecule has 7 heteroatoms. The molecule has 1 amide bonds. The molecular weight excluding hydrogens is 268 g/mol. The molecule has 0 radical (unpaired) electrons. The zero-order valence-electron chi connectivity index (χ0n) is 11.5. The minimum atomic E-state index is -1.08. The van der Waals surface area contributed by atoms with Gasteiger partial charge in [-0.3, -0.25) is 0 Å². The highest BCUT2D eigenvalue weighted by atomic mass is 32.1. The van der Waals surface area contributed by atoms with Crippen LogP contribution >= 0.6 is 11.3 Å². The van der Waals surface area contributed by atoms with E-state index in [0.717, 1.165) is 0 Å². The van der Waals surface area contributed by atoms with E-state index >= 15 is 0 Å². The van der Waals surface area contributed by atoms with Gasteiger partial charge in [-0.15, -0.1) is 11.3 Å². The van der Waals surface area contributed by atoms with Gasteiger partial charge < -0.3 is 20.3 Å². The van der Waals surface area contributed by atoms with Crippen LogP contribution in [0.3, 0.4) is 0 Å². The summed E-state index contributed by atoms with van der Waals surface area (Å²) in [5.74, 6) is 0. The Hall–Kier alpha value is -1.18. The van der Waals surface area contributed by atoms with E-state index in [9.17, 15) is 15.0 Å². The quantitative estimate of drug-likeness (QED) is 0.780. The number of carbonyl (C=O) groups is 1. The Balaban J connectivity index is 2.71. The molecule has 0 aliphatic carbocycles. The number of nitrogens with zero attached hydrogens (tertiary/aromatic N) is 1. The third kappa shape index (κ3) is 5.14. The van der Waals surface area contributed by atoms with Gasteiger partial charge in [-0.05, 0) is 27.7 Å². The SMILES string of the molecule is C[C@@H](O)[C@H](NC(=O)OC(C)(C)C)[C@@H](O)c1nccs1. The number of amides is 1. The van der Waals surface area contributed by atoms with Gasteiger partial charge in [-0.2, -0.15) is 0 Å². The van der Waals surface area contributed by atoms with Crippen LogP contribution in [0, 0.1) is 0 Å². The molecule has 19 heavy (non-hydrogen) atoms. The fraction of sp³-hybridized carbons (Fsp3) is 0.667. The highest BCUT2D eigenvalue weighted by Crippen LogP contribution is 2.21. The fourth-order valence-electron chi connectivity index (χ4n) is 1.44. The van der Waals surface area contributed by atoms with Crippen LogP contribution in [0.25, 0.3) is 0 Å². The van der Waals surface area contributed by atoms with Crippen LogP contribution in [0.1, 0.15) is 38.8 Å². The molecule has 0 fully saturated rings. The Labute approximate surface area is 116 Å². The minimum absolute atomic E-state index is 0.432. The number of hydrogen-bond donors (Lipinski definition) is 3. The maximum Gasteiger partial charge on any atom is 0.408 e. The highest BCUT2D eigenvalue weighted by Gasteiger charge is 2.30. The number of hydrogen-bond acceptors (Lipinski definition) is 6. The van der Waals surface area contributed by atoms with Crippen LogP contribution in [0.5, 0.6) is 0 Å². The van der Waals surface area contributed by atoms with Crippen LogP contribution < -0.4 is 5.32 Å². The van der Waals surface area contributed by atoms with Crippen LogP contribution in [0.15, 0.2) is 11.6 Å². The van der Waals surface area contributed by atoms with Crippen molar-refractivity contribution in [3.05, 3.63) is 16.6 Å². The summed E-state index contributed by atoms with van der Waals surface area (Å²) in [6.45, 7) is 6.70. The maximum absolute atomic E-state index is 11.7. The standard InChI is InChI=1S/C12H20N2O4S/c1-7(15)8(9(16)10-13-5-6-19-10)14-11(17)18-12(2,3)4/h5-9,15-16H,1-4H3,(H,14,17)/t7-,8+,9-/m1/s1. The second kappa shape index (κ2) is 6.31. The van der Waals surface area contributed by atoms with Crippen molar-refractivity contribution in [1.29, 1.82) is 0 Å². The predicted molar refractivity (Wildman–Crippen MR) is 71.9 cm³/mol. The normalized spacial score (nSPS) is 16.5. The first kappa shape index (κ1) is 15.9. The van der Waals surface area contributed by atoms with E-state index in [1.54, 1.807) is 32.3 Å². The largest absolute Gasteiger partial charge is 0.444 e. The summed E-state index contributed by atoms with van der Waals surface area (Å²) in [6, 6.07) is -0.874. The van der Waals surface area contributed by atoms with Crippen molar-refractivity contribution in [2.45, 2.75) is 51.5 Å². The molecule has 1 aromatic rings. The number of thiazole rings is 1. The summed E-state index contributed by atoms with van der Waals surface area (Å²) in [4.78, 5) is 15.6. The smallest absolute Gasteiger partial charge is 0.408 e. The first-order valence-electron chi connectivity index (χ1n) is 5.96. The molecule has 1 rings (SSSR count). The lowest BCUT2D eigenvalue weighted by molar-refractivity contribution is 0.0188. The lowest BCUT2D eigenvalue weighted by atomic mass is 10.1. The minimum Gasteiger partial charge on any atom is -0.444 e. The average Bonchev–Trinajstić information content (AvgIpc) is 2.75.